The van der Waals surface area contributed by atoms with Gasteiger partial charge in [-0.1, -0.05) is 53.0 Å². The molecule has 1 saturated heterocycles. The van der Waals surface area contributed by atoms with Crippen LogP contribution in [0.5, 0.6) is 0 Å². The lowest BCUT2D eigenvalue weighted by Gasteiger charge is -2.27. The molecule has 2 amide bonds. The summed E-state index contributed by atoms with van der Waals surface area (Å²) < 4.78 is 33.7. The summed E-state index contributed by atoms with van der Waals surface area (Å²) >= 11 is 18.6. The molecule has 3 aromatic carbocycles. The lowest BCUT2D eigenvalue weighted by atomic mass is 10.2. The number of hydrogen-bond donors (Lipinski definition) is 0. The van der Waals surface area contributed by atoms with E-state index in [-0.39, 0.29) is 44.4 Å². The topological polar surface area (TPSA) is 101 Å². The first-order valence-corrected chi connectivity index (χ1v) is 14.0. The van der Waals surface area contributed by atoms with Gasteiger partial charge in [0.25, 0.3) is 5.91 Å². The minimum absolute atomic E-state index is 0.0956. The van der Waals surface area contributed by atoms with Crippen LogP contribution in [0.15, 0.2) is 71.6 Å². The molecule has 0 spiro atoms. The smallest absolute Gasteiger partial charge is 0.338 e. The molecule has 0 saturated carbocycles. The highest BCUT2D eigenvalue weighted by atomic mass is 35.5. The third kappa shape index (κ3) is 5.57. The van der Waals surface area contributed by atoms with Crippen molar-refractivity contribution >= 4 is 68.3 Å². The maximum Gasteiger partial charge on any atom is 0.338 e. The standard InChI is InChI=1S/C26H21Cl3N2O6S/c1-2-37-26(34)16-7-10-19(11-8-16)31-24(32)14-22(25(31)33)30(15-17-5-3-4-6-20(17)28)38(35,36)23-13-18(27)9-12-21(23)29/h3-13,22H,2,14-15H2,1H3. The molecule has 38 heavy (non-hydrogen) atoms. The molecule has 1 heterocycles. The average Bonchev–Trinajstić information content (AvgIpc) is 3.18. The van der Waals surface area contributed by atoms with E-state index in [4.69, 9.17) is 39.5 Å². The van der Waals surface area contributed by atoms with Gasteiger partial charge in [0.2, 0.25) is 15.9 Å². The number of imide groups is 1. The molecular formula is C26H21Cl3N2O6S. The molecule has 0 aromatic heterocycles. The number of nitrogens with zero attached hydrogens (tertiary/aromatic N) is 2. The van der Waals surface area contributed by atoms with Crippen molar-refractivity contribution in [2.75, 3.05) is 11.5 Å². The van der Waals surface area contributed by atoms with Crippen molar-refractivity contribution < 1.29 is 27.5 Å². The van der Waals surface area contributed by atoms with E-state index in [1.165, 1.54) is 42.5 Å². The van der Waals surface area contributed by atoms with Crippen LogP contribution in [-0.2, 0) is 30.9 Å². The van der Waals surface area contributed by atoms with Crippen LogP contribution in [-0.4, -0.2) is 43.2 Å². The van der Waals surface area contributed by atoms with Crippen LogP contribution >= 0.6 is 34.8 Å². The molecule has 12 heteroatoms. The molecule has 0 N–H and O–H groups in total. The van der Waals surface area contributed by atoms with Gasteiger partial charge in [-0.2, -0.15) is 4.31 Å². The lowest BCUT2D eigenvalue weighted by Crippen LogP contribution is -2.45. The van der Waals surface area contributed by atoms with E-state index in [9.17, 15) is 22.8 Å². The van der Waals surface area contributed by atoms with Crippen molar-refractivity contribution in [3.63, 3.8) is 0 Å². The molecule has 3 aromatic rings. The fraction of sp³-hybridized carbons (Fsp3) is 0.192. The Morgan fingerprint density at radius 3 is 2.34 bits per heavy atom. The normalized spacial score (nSPS) is 15.8. The molecule has 8 nitrogen and oxygen atoms in total. The predicted molar refractivity (Wildman–Crippen MR) is 144 cm³/mol. The summed E-state index contributed by atoms with van der Waals surface area (Å²) in [6, 6.07) is 14.8. The number of rotatable bonds is 8. The molecule has 4 rings (SSSR count). The number of sulfonamides is 1. The van der Waals surface area contributed by atoms with Gasteiger partial charge >= 0.3 is 5.97 Å². The molecule has 1 aliphatic rings. The first kappa shape index (κ1) is 28.1. The molecule has 1 fully saturated rings. The molecular weight excluding hydrogens is 575 g/mol. The zero-order chi connectivity index (χ0) is 27.6. The van der Waals surface area contributed by atoms with E-state index in [0.717, 1.165) is 9.21 Å². The van der Waals surface area contributed by atoms with E-state index in [2.05, 4.69) is 0 Å². The fourth-order valence-electron chi connectivity index (χ4n) is 4.03. The summed E-state index contributed by atoms with van der Waals surface area (Å²) in [5.74, 6) is -1.92. The Morgan fingerprint density at radius 2 is 1.68 bits per heavy atom. The zero-order valence-corrected chi connectivity index (χ0v) is 23.0. The Morgan fingerprint density at radius 1 is 1.00 bits per heavy atom. The highest BCUT2D eigenvalue weighted by Gasteiger charge is 2.47. The number of ether oxygens (including phenoxy) is 1. The quantitative estimate of drug-likeness (QED) is 0.257. The van der Waals surface area contributed by atoms with Crippen LogP contribution in [0.4, 0.5) is 5.69 Å². The van der Waals surface area contributed by atoms with Crippen molar-refractivity contribution in [3.8, 4) is 0 Å². The van der Waals surface area contributed by atoms with Crippen LogP contribution in [0, 0.1) is 0 Å². The van der Waals surface area contributed by atoms with Gasteiger partial charge in [0.1, 0.15) is 10.9 Å². The maximum atomic E-state index is 13.9. The Balaban J connectivity index is 1.74. The van der Waals surface area contributed by atoms with Crippen LogP contribution in [0.25, 0.3) is 0 Å². The number of carbonyl (C=O) groups is 3. The summed E-state index contributed by atoms with van der Waals surface area (Å²) in [7, 11) is -4.44. The van der Waals surface area contributed by atoms with E-state index in [1.807, 2.05) is 0 Å². The maximum absolute atomic E-state index is 13.9. The summed E-state index contributed by atoms with van der Waals surface area (Å²) in [5, 5.41) is 0.317. The van der Waals surface area contributed by atoms with Gasteiger partial charge in [0, 0.05) is 16.6 Å². The molecule has 1 aliphatic heterocycles. The summed E-state index contributed by atoms with van der Waals surface area (Å²) in [6.45, 7) is 1.56. The van der Waals surface area contributed by atoms with Crippen molar-refractivity contribution in [1.82, 2.24) is 4.31 Å². The highest BCUT2D eigenvalue weighted by molar-refractivity contribution is 7.89. The zero-order valence-electron chi connectivity index (χ0n) is 19.9. The van der Waals surface area contributed by atoms with Crippen molar-refractivity contribution in [2.24, 2.45) is 0 Å². The number of anilines is 1. The first-order valence-electron chi connectivity index (χ1n) is 11.4. The Labute approximate surface area is 234 Å². The minimum atomic E-state index is -4.44. The van der Waals surface area contributed by atoms with Gasteiger partial charge < -0.3 is 4.74 Å². The molecule has 198 valence electrons. The number of benzene rings is 3. The largest absolute Gasteiger partial charge is 0.462 e. The van der Waals surface area contributed by atoms with E-state index < -0.39 is 40.3 Å². The van der Waals surface area contributed by atoms with Crippen molar-refractivity contribution in [2.45, 2.75) is 30.8 Å². The molecule has 0 bridgehead atoms. The van der Waals surface area contributed by atoms with Crippen LogP contribution in [0.3, 0.4) is 0 Å². The summed E-state index contributed by atoms with van der Waals surface area (Å²) in [5.41, 5.74) is 0.851. The van der Waals surface area contributed by atoms with Gasteiger partial charge in [0.05, 0.1) is 29.3 Å². The minimum Gasteiger partial charge on any atom is -0.462 e. The number of amides is 2. The van der Waals surface area contributed by atoms with Gasteiger partial charge in [0.15, 0.2) is 0 Å². The van der Waals surface area contributed by atoms with Gasteiger partial charge in [-0.3, -0.25) is 9.59 Å². The monoisotopic (exact) mass is 594 g/mol. The summed E-state index contributed by atoms with van der Waals surface area (Å²) in [6.07, 6.45) is -0.416. The predicted octanol–water partition coefficient (Wildman–Crippen LogP) is 5.35. The Hall–Kier alpha value is -2.95. The highest BCUT2D eigenvalue weighted by Crippen LogP contribution is 2.35. The van der Waals surface area contributed by atoms with E-state index >= 15 is 0 Å². The van der Waals surface area contributed by atoms with Crippen molar-refractivity contribution in [3.05, 3.63) is 92.9 Å². The Kier molecular flexibility index (Phi) is 8.44. The number of hydrogen-bond acceptors (Lipinski definition) is 6. The van der Waals surface area contributed by atoms with Gasteiger partial charge in [-0.15, -0.1) is 0 Å². The van der Waals surface area contributed by atoms with E-state index in [0.29, 0.717) is 5.56 Å². The molecule has 1 atom stereocenters. The first-order chi connectivity index (χ1) is 18.0. The van der Waals surface area contributed by atoms with Gasteiger partial charge in [-0.25, -0.2) is 18.1 Å². The second kappa shape index (κ2) is 11.4. The van der Waals surface area contributed by atoms with Crippen LogP contribution < -0.4 is 4.90 Å². The third-order valence-corrected chi connectivity index (χ3v) is 8.81. The fourth-order valence-corrected chi connectivity index (χ4v) is 6.53. The van der Waals surface area contributed by atoms with Crippen molar-refractivity contribution in [1.29, 1.82) is 0 Å². The van der Waals surface area contributed by atoms with Gasteiger partial charge in [-0.05, 0) is 61.0 Å². The molecule has 0 aliphatic carbocycles. The molecule has 1 unspecified atom stereocenters. The third-order valence-electron chi connectivity index (χ3n) is 5.87. The number of esters is 1. The van der Waals surface area contributed by atoms with Crippen LogP contribution in [0.2, 0.25) is 15.1 Å². The average molecular weight is 596 g/mol. The molecule has 0 radical (unpaired) electrons. The number of carbonyl (C=O) groups excluding carboxylic acids is 3. The summed E-state index contributed by atoms with van der Waals surface area (Å²) in [4.78, 5) is 39.2. The second-order valence-corrected chi connectivity index (χ2v) is 11.4. The van der Waals surface area contributed by atoms with Crippen LogP contribution in [0.1, 0.15) is 29.3 Å². The number of halogens is 3. The second-order valence-electron chi connectivity index (χ2n) is 8.27. The lowest BCUT2D eigenvalue weighted by molar-refractivity contribution is -0.122. The SMILES string of the molecule is CCOC(=O)c1ccc(N2C(=O)CC(N(Cc3ccccc3Cl)S(=O)(=O)c3cc(Cl)ccc3Cl)C2=O)cc1. The van der Waals surface area contributed by atoms with E-state index in [1.54, 1.807) is 31.2 Å². The Bertz CT molecular complexity index is 1510.